The molecule has 3 aromatic rings. The molecule has 1 saturated heterocycles. The monoisotopic (exact) mass is 436 g/mol. The minimum Gasteiger partial charge on any atom is -0.497 e. The van der Waals surface area contributed by atoms with E-state index < -0.39 is 18.2 Å². The van der Waals surface area contributed by atoms with E-state index in [1.807, 2.05) is 12.1 Å². The first kappa shape index (κ1) is 20.0. The summed E-state index contributed by atoms with van der Waals surface area (Å²) >= 11 is 0. The van der Waals surface area contributed by atoms with Gasteiger partial charge < -0.3 is 14.5 Å². The van der Waals surface area contributed by atoms with E-state index >= 15 is 0 Å². The Kier molecular flexibility index (Phi) is 4.58. The summed E-state index contributed by atoms with van der Waals surface area (Å²) in [5.74, 6) is 0.845. The first-order chi connectivity index (χ1) is 15.4. The molecule has 164 valence electrons. The van der Waals surface area contributed by atoms with E-state index in [0.717, 1.165) is 10.5 Å². The third-order valence-electron chi connectivity index (χ3n) is 6.03. The number of imide groups is 1. The molecule has 2 aromatic carbocycles. The first-order valence-corrected chi connectivity index (χ1v) is 10.1. The molecule has 0 bridgehead atoms. The molecular formula is C22H21FN6O3. The molecule has 3 amide bonds. The Morgan fingerprint density at radius 1 is 1.03 bits per heavy atom. The highest BCUT2D eigenvalue weighted by Gasteiger charge is 2.54. The molecule has 9 nitrogen and oxygen atoms in total. The minimum absolute atomic E-state index is 0.107. The van der Waals surface area contributed by atoms with Gasteiger partial charge in [-0.25, -0.2) is 9.18 Å². The van der Waals surface area contributed by atoms with Gasteiger partial charge in [-0.15, -0.1) is 10.2 Å². The topological polar surface area (TPSA) is 83.8 Å². The van der Waals surface area contributed by atoms with Crippen molar-refractivity contribution in [2.45, 2.75) is 18.8 Å². The van der Waals surface area contributed by atoms with Gasteiger partial charge in [-0.3, -0.25) is 14.3 Å². The summed E-state index contributed by atoms with van der Waals surface area (Å²) < 4.78 is 21.5. The number of carbonyl (C=O) groups excluding carboxylic acids is 2. The molecule has 1 fully saturated rings. The second-order valence-electron chi connectivity index (χ2n) is 7.79. The molecule has 0 radical (unpaired) electrons. The highest BCUT2D eigenvalue weighted by molar-refractivity contribution is 6.02. The van der Waals surface area contributed by atoms with Crippen LogP contribution in [0.2, 0.25) is 0 Å². The average Bonchev–Trinajstić information content (AvgIpc) is 3.37. The summed E-state index contributed by atoms with van der Waals surface area (Å²) in [6, 6.07) is 12.5. The van der Waals surface area contributed by atoms with Gasteiger partial charge in [0, 0.05) is 31.8 Å². The number of likely N-dealkylation sites (N-methyl/N-ethyl adjacent to an activating group) is 2. The number of urea groups is 1. The van der Waals surface area contributed by atoms with Crippen LogP contribution in [0.4, 0.5) is 15.1 Å². The molecule has 2 unspecified atom stereocenters. The zero-order valence-electron chi connectivity index (χ0n) is 17.8. The van der Waals surface area contributed by atoms with Gasteiger partial charge in [0.2, 0.25) is 5.95 Å². The third-order valence-corrected chi connectivity index (χ3v) is 6.03. The van der Waals surface area contributed by atoms with Crippen molar-refractivity contribution < 1.29 is 18.7 Å². The maximum Gasteiger partial charge on any atom is 0.327 e. The number of methoxy groups -OCH3 is 1. The van der Waals surface area contributed by atoms with Crippen LogP contribution in [0, 0.1) is 5.82 Å². The quantitative estimate of drug-likeness (QED) is 0.625. The molecule has 0 aliphatic carbocycles. The summed E-state index contributed by atoms with van der Waals surface area (Å²) in [6.45, 7) is 0.107. The molecule has 32 heavy (non-hydrogen) atoms. The fraction of sp³-hybridized carbons (Fsp3) is 0.273. The first-order valence-electron chi connectivity index (χ1n) is 10.1. The predicted molar refractivity (Wildman–Crippen MR) is 113 cm³/mol. The molecule has 10 heteroatoms. The number of ether oxygens (including phenoxy) is 1. The summed E-state index contributed by atoms with van der Waals surface area (Å²) in [5, 5.41) is 8.69. The van der Waals surface area contributed by atoms with Crippen LogP contribution in [0.15, 0.2) is 48.5 Å². The highest BCUT2D eigenvalue weighted by Crippen LogP contribution is 2.43. The standard InChI is InChI=1S/C22H21FN6O3/c1-26-19-17(20(30)27(2)22(26)31)28(12-14-6-4-5-7-16(14)23)21-25-24-18(29(19)21)13-8-10-15(32-3)11-9-13/h4-11,17,19H,12H2,1-3H3. The predicted octanol–water partition coefficient (Wildman–Crippen LogP) is 2.50. The van der Waals surface area contributed by atoms with E-state index in [2.05, 4.69) is 10.2 Å². The van der Waals surface area contributed by atoms with Crippen molar-refractivity contribution in [1.29, 1.82) is 0 Å². The van der Waals surface area contributed by atoms with Crippen molar-refractivity contribution in [2.75, 3.05) is 26.1 Å². The van der Waals surface area contributed by atoms with Crippen LogP contribution in [-0.2, 0) is 11.3 Å². The number of halogens is 1. The summed E-state index contributed by atoms with van der Waals surface area (Å²) in [5.41, 5.74) is 1.17. The van der Waals surface area contributed by atoms with Gasteiger partial charge in [0.1, 0.15) is 17.7 Å². The number of benzene rings is 2. The van der Waals surface area contributed by atoms with Crippen molar-refractivity contribution in [3.63, 3.8) is 0 Å². The second-order valence-corrected chi connectivity index (χ2v) is 7.79. The van der Waals surface area contributed by atoms with Gasteiger partial charge in [0.25, 0.3) is 5.91 Å². The molecule has 0 saturated carbocycles. The van der Waals surface area contributed by atoms with Gasteiger partial charge >= 0.3 is 6.03 Å². The number of hydrogen-bond acceptors (Lipinski definition) is 6. The number of rotatable bonds is 4. The van der Waals surface area contributed by atoms with Gasteiger partial charge in [-0.05, 0) is 30.3 Å². The number of nitrogens with zero attached hydrogens (tertiary/aromatic N) is 6. The minimum atomic E-state index is -0.759. The van der Waals surface area contributed by atoms with Gasteiger partial charge in [-0.1, -0.05) is 18.2 Å². The molecule has 0 N–H and O–H groups in total. The number of amides is 3. The van der Waals surface area contributed by atoms with Crippen LogP contribution in [0.25, 0.3) is 11.4 Å². The van der Waals surface area contributed by atoms with E-state index in [9.17, 15) is 14.0 Å². The lowest BCUT2D eigenvalue weighted by molar-refractivity contribution is -0.133. The molecule has 5 rings (SSSR count). The molecule has 3 heterocycles. The lowest BCUT2D eigenvalue weighted by Crippen LogP contribution is -2.61. The Labute approximate surface area is 183 Å². The molecular weight excluding hydrogens is 415 g/mol. The number of carbonyl (C=O) groups is 2. The normalized spacial score (nSPS) is 19.9. The van der Waals surface area contributed by atoms with E-state index in [0.29, 0.717) is 23.1 Å². The zero-order chi connectivity index (χ0) is 22.6. The number of anilines is 1. The highest BCUT2D eigenvalue weighted by atomic mass is 19.1. The van der Waals surface area contributed by atoms with Crippen molar-refractivity contribution in [3.8, 4) is 17.1 Å². The Bertz CT molecular complexity index is 1210. The zero-order valence-corrected chi connectivity index (χ0v) is 17.8. The number of aromatic nitrogens is 3. The van der Waals surface area contributed by atoms with E-state index in [4.69, 9.17) is 4.74 Å². The average molecular weight is 436 g/mol. The Morgan fingerprint density at radius 2 is 1.75 bits per heavy atom. The van der Waals surface area contributed by atoms with Crippen LogP contribution >= 0.6 is 0 Å². The van der Waals surface area contributed by atoms with Gasteiger partial charge in [0.05, 0.1) is 7.11 Å². The fourth-order valence-corrected chi connectivity index (χ4v) is 4.35. The smallest absolute Gasteiger partial charge is 0.327 e. The number of hydrogen-bond donors (Lipinski definition) is 0. The van der Waals surface area contributed by atoms with E-state index in [1.54, 1.807) is 54.0 Å². The van der Waals surface area contributed by atoms with Crippen molar-refractivity contribution in [3.05, 3.63) is 59.9 Å². The summed E-state index contributed by atoms with van der Waals surface area (Å²) in [6.07, 6.45) is -0.667. The Hall–Kier alpha value is -3.95. The van der Waals surface area contributed by atoms with Crippen LogP contribution in [0.1, 0.15) is 11.7 Å². The molecule has 2 aliphatic heterocycles. The molecule has 2 atom stereocenters. The molecule has 1 aromatic heterocycles. The largest absolute Gasteiger partial charge is 0.497 e. The van der Waals surface area contributed by atoms with Crippen molar-refractivity contribution >= 4 is 17.9 Å². The third kappa shape index (κ3) is 2.83. The van der Waals surface area contributed by atoms with Crippen molar-refractivity contribution in [1.82, 2.24) is 24.6 Å². The summed E-state index contributed by atoms with van der Waals surface area (Å²) in [4.78, 5) is 30.2. The lowest BCUT2D eigenvalue weighted by Gasteiger charge is -2.40. The maximum absolute atomic E-state index is 14.5. The van der Waals surface area contributed by atoms with Gasteiger partial charge in [0.15, 0.2) is 11.9 Å². The molecule has 0 spiro atoms. The van der Waals surface area contributed by atoms with Crippen LogP contribution in [0.3, 0.4) is 0 Å². The Balaban J connectivity index is 1.65. The van der Waals surface area contributed by atoms with Crippen LogP contribution in [0.5, 0.6) is 5.75 Å². The van der Waals surface area contributed by atoms with Crippen molar-refractivity contribution in [2.24, 2.45) is 0 Å². The summed E-state index contributed by atoms with van der Waals surface area (Å²) in [7, 11) is 4.67. The molecule has 2 aliphatic rings. The maximum atomic E-state index is 14.5. The van der Waals surface area contributed by atoms with Gasteiger partial charge in [-0.2, -0.15) is 0 Å². The lowest BCUT2D eigenvalue weighted by atomic mass is 10.1. The van der Waals surface area contributed by atoms with E-state index in [-0.39, 0.29) is 18.3 Å². The van der Waals surface area contributed by atoms with Crippen LogP contribution < -0.4 is 9.64 Å². The number of fused-ring (bicyclic) bond motifs is 3. The van der Waals surface area contributed by atoms with E-state index in [1.165, 1.54) is 18.0 Å². The fourth-order valence-electron chi connectivity index (χ4n) is 4.35. The van der Waals surface area contributed by atoms with Crippen LogP contribution in [-0.4, -0.2) is 63.7 Å². The Morgan fingerprint density at radius 3 is 2.44 bits per heavy atom. The second kappa shape index (κ2) is 7.33. The SMILES string of the molecule is COc1ccc(-c2nnc3n2C2C(C(=O)N(C)C(=O)N2C)N3Cc2ccccc2F)cc1.